The van der Waals surface area contributed by atoms with E-state index in [0.29, 0.717) is 12.6 Å². The summed E-state index contributed by atoms with van der Waals surface area (Å²) in [5, 5.41) is 11.5. The molecule has 18 heavy (non-hydrogen) atoms. The van der Waals surface area contributed by atoms with Crippen molar-refractivity contribution in [1.29, 1.82) is 0 Å². The number of nitrogens with two attached hydrogens (primary N) is 1. The fraction of sp³-hybridized carbons (Fsp3) is 0.385. The molecule has 94 valence electrons. The van der Waals surface area contributed by atoms with Crippen LogP contribution in [-0.4, -0.2) is 14.8 Å². The predicted octanol–water partition coefficient (Wildman–Crippen LogP) is 1.05. The summed E-state index contributed by atoms with van der Waals surface area (Å²) in [5.41, 5.74) is 8.71. The first-order valence-electron chi connectivity index (χ1n) is 6.16. The smallest absolute Gasteiger partial charge is 0.146 e. The van der Waals surface area contributed by atoms with Gasteiger partial charge in [0.05, 0.1) is 6.54 Å². The zero-order valence-electron chi connectivity index (χ0n) is 10.4. The number of nitrogens with one attached hydrogen (secondary N) is 1. The van der Waals surface area contributed by atoms with Crippen molar-refractivity contribution in [3.63, 3.8) is 0 Å². The molecule has 0 amide bonds. The molecule has 5 nitrogen and oxygen atoms in total. The van der Waals surface area contributed by atoms with Gasteiger partial charge in [-0.15, -0.1) is 10.2 Å². The highest BCUT2D eigenvalue weighted by Crippen LogP contribution is 2.36. The number of aryl methyl sites for hydroxylation is 1. The summed E-state index contributed by atoms with van der Waals surface area (Å²) >= 11 is 0. The molecule has 0 fully saturated rings. The highest BCUT2D eigenvalue weighted by molar-refractivity contribution is 5.37. The van der Waals surface area contributed by atoms with Crippen LogP contribution in [0.4, 0.5) is 0 Å². The quantitative estimate of drug-likeness (QED) is 0.845. The number of nitrogens with zero attached hydrogens (tertiary/aromatic N) is 3. The van der Waals surface area contributed by atoms with Crippen LogP contribution in [0.15, 0.2) is 30.6 Å². The third kappa shape index (κ3) is 1.91. The van der Waals surface area contributed by atoms with Crippen molar-refractivity contribution in [2.45, 2.75) is 25.0 Å². The van der Waals surface area contributed by atoms with Crippen LogP contribution in [0.2, 0.25) is 0 Å². The molecule has 2 unspecified atom stereocenters. The number of benzene rings is 1. The number of fused-ring (bicyclic) bond motifs is 1. The van der Waals surface area contributed by atoms with E-state index in [2.05, 4.69) is 33.7 Å². The molecule has 3 rings (SSSR count). The molecular formula is C13H17N5. The number of rotatable bonds is 3. The van der Waals surface area contributed by atoms with Crippen molar-refractivity contribution in [3.05, 3.63) is 47.5 Å². The van der Waals surface area contributed by atoms with Gasteiger partial charge in [0, 0.05) is 19.1 Å². The summed E-state index contributed by atoms with van der Waals surface area (Å²) in [6.45, 7) is 0.711. The molecule has 1 aromatic carbocycles. The second-order valence-corrected chi connectivity index (χ2v) is 4.76. The van der Waals surface area contributed by atoms with E-state index in [0.717, 1.165) is 12.2 Å². The minimum atomic E-state index is 0.137. The Kier molecular flexibility index (Phi) is 2.85. The maximum absolute atomic E-state index is 6.14. The summed E-state index contributed by atoms with van der Waals surface area (Å²) in [7, 11) is 1.95. The van der Waals surface area contributed by atoms with Gasteiger partial charge in [-0.3, -0.25) is 0 Å². The fourth-order valence-electron chi connectivity index (χ4n) is 2.55. The fourth-order valence-corrected chi connectivity index (χ4v) is 2.55. The molecule has 1 aliphatic carbocycles. The Morgan fingerprint density at radius 2 is 2.17 bits per heavy atom. The molecule has 0 bridgehead atoms. The van der Waals surface area contributed by atoms with Gasteiger partial charge in [-0.1, -0.05) is 24.3 Å². The van der Waals surface area contributed by atoms with Gasteiger partial charge in [0.1, 0.15) is 12.2 Å². The van der Waals surface area contributed by atoms with Gasteiger partial charge in [0.2, 0.25) is 0 Å². The van der Waals surface area contributed by atoms with Gasteiger partial charge in [-0.2, -0.15) is 0 Å². The third-order valence-corrected chi connectivity index (χ3v) is 3.57. The Morgan fingerprint density at radius 3 is 2.89 bits per heavy atom. The Hall–Kier alpha value is -1.72. The molecular weight excluding hydrogens is 226 g/mol. The molecule has 0 radical (unpaired) electrons. The molecule has 2 aromatic rings. The van der Waals surface area contributed by atoms with E-state index in [-0.39, 0.29) is 6.04 Å². The monoisotopic (exact) mass is 243 g/mol. The van der Waals surface area contributed by atoms with E-state index >= 15 is 0 Å². The predicted molar refractivity (Wildman–Crippen MR) is 68.6 cm³/mol. The van der Waals surface area contributed by atoms with Crippen LogP contribution in [0, 0.1) is 0 Å². The van der Waals surface area contributed by atoms with Crippen LogP contribution in [0.5, 0.6) is 0 Å². The lowest BCUT2D eigenvalue weighted by Crippen LogP contribution is -2.21. The van der Waals surface area contributed by atoms with Crippen molar-refractivity contribution >= 4 is 0 Å². The minimum absolute atomic E-state index is 0.137. The molecule has 2 atom stereocenters. The molecule has 3 N–H and O–H groups in total. The molecule has 0 aliphatic heterocycles. The Bertz CT molecular complexity index is 548. The third-order valence-electron chi connectivity index (χ3n) is 3.57. The van der Waals surface area contributed by atoms with Crippen molar-refractivity contribution < 1.29 is 0 Å². The van der Waals surface area contributed by atoms with Gasteiger partial charge in [-0.25, -0.2) is 0 Å². The van der Waals surface area contributed by atoms with Crippen LogP contribution in [0.3, 0.4) is 0 Å². The maximum Gasteiger partial charge on any atom is 0.146 e. The van der Waals surface area contributed by atoms with Gasteiger partial charge in [-0.05, 0) is 17.5 Å². The van der Waals surface area contributed by atoms with Crippen molar-refractivity contribution in [2.75, 3.05) is 0 Å². The minimum Gasteiger partial charge on any atom is -0.324 e. The molecule has 1 heterocycles. The standard InChI is InChI=1S/C13H17N5/c1-18-8-16-17-13(18)7-15-12-6-11(14)9-4-2-3-5-10(9)12/h2-5,8,11-12,15H,6-7,14H2,1H3. The lowest BCUT2D eigenvalue weighted by molar-refractivity contribution is 0.485. The Morgan fingerprint density at radius 1 is 1.39 bits per heavy atom. The maximum atomic E-state index is 6.14. The summed E-state index contributed by atoms with van der Waals surface area (Å²) in [5.74, 6) is 0.938. The summed E-state index contributed by atoms with van der Waals surface area (Å²) in [6, 6.07) is 8.82. The highest BCUT2D eigenvalue weighted by atomic mass is 15.3. The Balaban J connectivity index is 1.74. The van der Waals surface area contributed by atoms with E-state index in [4.69, 9.17) is 5.73 Å². The molecule has 5 heteroatoms. The molecule has 1 aromatic heterocycles. The highest BCUT2D eigenvalue weighted by Gasteiger charge is 2.27. The number of hydrogen-bond donors (Lipinski definition) is 2. The summed E-state index contributed by atoms with van der Waals surface area (Å²) in [4.78, 5) is 0. The first-order valence-corrected chi connectivity index (χ1v) is 6.16. The molecule has 0 saturated carbocycles. The molecule has 0 spiro atoms. The molecule has 0 saturated heterocycles. The van der Waals surface area contributed by atoms with Crippen molar-refractivity contribution in [2.24, 2.45) is 12.8 Å². The average molecular weight is 243 g/mol. The van der Waals surface area contributed by atoms with E-state index in [1.165, 1.54) is 11.1 Å². The second kappa shape index (κ2) is 4.51. The van der Waals surface area contributed by atoms with Gasteiger partial charge in [0.25, 0.3) is 0 Å². The topological polar surface area (TPSA) is 68.8 Å². The molecule has 1 aliphatic rings. The van der Waals surface area contributed by atoms with Gasteiger partial charge < -0.3 is 15.6 Å². The lowest BCUT2D eigenvalue weighted by Gasteiger charge is -2.13. The van der Waals surface area contributed by atoms with E-state index in [1.54, 1.807) is 6.33 Å². The van der Waals surface area contributed by atoms with E-state index in [9.17, 15) is 0 Å². The average Bonchev–Trinajstić information content (AvgIpc) is 2.92. The largest absolute Gasteiger partial charge is 0.324 e. The second-order valence-electron chi connectivity index (χ2n) is 4.76. The van der Waals surface area contributed by atoms with Crippen LogP contribution in [-0.2, 0) is 13.6 Å². The number of hydrogen-bond acceptors (Lipinski definition) is 4. The summed E-state index contributed by atoms with van der Waals surface area (Å²) < 4.78 is 1.92. The normalized spacial score (nSPS) is 22.1. The van der Waals surface area contributed by atoms with Crippen LogP contribution in [0.25, 0.3) is 0 Å². The Labute approximate surface area is 106 Å². The van der Waals surface area contributed by atoms with Gasteiger partial charge >= 0.3 is 0 Å². The zero-order valence-corrected chi connectivity index (χ0v) is 10.4. The van der Waals surface area contributed by atoms with Crippen molar-refractivity contribution in [1.82, 2.24) is 20.1 Å². The van der Waals surface area contributed by atoms with Crippen LogP contribution >= 0.6 is 0 Å². The lowest BCUT2D eigenvalue weighted by atomic mass is 10.1. The van der Waals surface area contributed by atoms with Crippen LogP contribution < -0.4 is 11.1 Å². The van der Waals surface area contributed by atoms with Crippen molar-refractivity contribution in [3.8, 4) is 0 Å². The summed E-state index contributed by atoms with van der Waals surface area (Å²) in [6.07, 6.45) is 2.66. The van der Waals surface area contributed by atoms with E-state index in [1.807, 2.05) is 17.7 Å². The SMILES string of the molecule is Cn1cnnc1CNC1CC(N)c2ccccc21. The van der Waals surface area contributed by atoms with Gasteiger partial charge in [0.15, 0.2) is 0 Å². The van der Waals surface area contributed by atoms with E-state index < -0.39 is 0 Å². The number of aromatic nitrogens is 3. The first-order chi connectivity index (χ1) is 8.75. The first kappa shape index (κ1) is 11.4. The van der Waals surface area contributed by atoms with Crippen LogP contribution in [0.1, 0.15) is 35.5 Å². The zero-order chi connectivity index (χ0) is 12.5.